The molecule has 1 saturated carbocycles. The smallest absolute Gasteiger partial charge is 0.118 e. The Morgan fingerprint density at radius 3 is 2.47 bits per heavy atom. The molecule has 0 aromatic heterocycles. The lowest BCUT2D eigenvalue weighted by atomic mass is 10.0. The molecule has 1 fully saturated rings. The van der Waals surface area contributed by atoms with Gasteiger partial charge in [0.25, 0.3) is 0 Å². The van der Waals surface area contributed by atoms with E-state index in [1.54, 1.807) is 7.11 Å². The molecular weight excluding hydrogens is 186 g/mol. The van der Waals surface area contributed by atoms with E-state index in [9.17, 15) is 0 Å². The molecule has 82 valence electrons. The largest absolute Gasteiger partial charge is 0.497 e. The number of nitrogens with one attached hydrogen (secondary N) is 1. The average Bonchev–Trinajstić information content (AvgIpc) is 3.10. The molecule has 2 rings (SSSR count). The van der Waals surface area contributed by atoms with Crippen LogP contribution in [0, 0.1) is 5.92 Å². The topological polar surface area (TPSA) is 21.3 Å². The molecule has 0 amide bonds. The van der Waals surface area contributed by atoms with Gasteiger partial charge in [0.05, 0.1) is 7.11 Å². The molecular formula is C13H19NO. The lowest BCUT2D eigenvalue weighted by molar-refractivity contribution is 0.414. The highest BCUT2D eigenvalue weighted by molar-refractivity contribution is 5.29. The molecule has 2 heteroatoms. The first-order chi connectivity index (χ1) is 7.33. The van der Waals surface area contributed by atoms with E-state index in [0.717, 1.165) is 11.7 Å². The zero-order chi connectivity index (χ0) is 10.7. The van der Waals surface area contributed by atoms with Gasteiger partial charge in [-0.1, -0.05) is 25.0 Å². The van der Waals surface area contributed by atoms with Crippen LogP contribution in [0.15, 0.2) is 24.3 Å². The van der Waals surface area contributed by atoms with Crippen LogP contribution in [-0.2, 0) is 0 Å². The molecule has 0 spiro atoms. The van der Waals surface area contributed by atoms with E-state index >= 15 is 0 Å². The lowest BCUT2D eigenvalue weighted by Gasteiger charge is -2.16. The second-order valence-corrected chi connectivity index (χ2v) is 4.29. The third-order valence-electron chi connectivity index (χ3n) is 3.13. The van der Waals surface area contributed by atoms with Gasteiger partial charge in [-0.25, -0.2) is 0 Å². The summed E-state index contributed by atoms with van der Waals surface area (Å²) in [6, 6.07) is 8.88. The van der Waals surface area contributed by atoms with Crippen molar-refractivity contribution < 1.29 is 4.74 Å². The van der Waals surface area contributed by atoms with Crippen molar-refractivity contribution >= 4 is 0 Å². The number of methoxy groups -OCH3 is 1. The SMILES string of the molecule is CNC(CC1CC1)c1ccc(OC)cc1. The van der Waals surface area contributed by atoms with Gasteiger partial charge < -0.3 is 10.1 Å². The van der Waals surface area contributed by atoms with E-state index in [1.165, 1.54) is 24.8 Å². The molecule has 1 N–H and O–H groups in total. The standard InChI is InChI=1S/C13H19NO/c1-14-13(9-10-3-4-10)11-5-7-12(15-2)8-6-11/h5-8,10,13-14H,3-4,9H2,1-2H3. The van der Waals surface area contributed by atoms with Gasteiger partial charge in [0, 0.05) is 6.04 Å². The van der Waals surface area contributed by atoms with Gasteiger partial charge >= 0.3 is 0 Å². The number of hydrogen-bond acceptors (Lipinski definition) is 2. The van der Waals surface area contributed by atoms with Gasteiger partial charge in [0.1, 0.15) is 5.75 Å². The Balaban J connectivity index is 2.03. The Morgan fingerprint density at radius 2 is 2.00 bits per heavy atom. The first kappa shape index (κ1) is 10.5. The van der Waals surface area contributed by atoms with Gasteiger partial charge in [-0.3, -0.25) is 0 Å². The predicted molar refractivity (Wildman–Crippen MR) is 62.1 cm³/mol. The van der Waals surface area contributed by atoms with Crippen LogP contribution in [-0.4, -0.2) is 14.2 Å². The fourth-order valence-electron chi connectivity index (χ4n) is 1.94. The second kappa shape index (κ2) is 4.67. The van der Waals surface area contributed by atoms with Crippen LogP contribution in [0.1, 0.15) is 30.9 Å². The second-order valence-electron chi connectivity index (χ2n) is 4.29. The zero-order valence-electron chi connectivity index (χ0n) is 9.49. The van der Waals surface area contributed by atoms with E-state index < -0.39 is 0 Å². The Labute approximate surface area is 91.6 Å². The first-order valence-corrected chi connectivity index (χ1v) is 5.64. The monoisotopic (exact) mass is 205 g/mol. The van der Waals surface area contributed by atoms with Crippen molar-refractivity contribution in [3.05, 3.63) is 29.8 Å². The summed E-state index contributed by atoms with van der Waals surface area (Å²) in [5.74, 6) is 1.88. The summed E-state index contributed by atoms with van der Waals surface area (Å²) >= 11 is 0. The molecule has 1 aromatic rings. The third kappa shape index (κ3) is 2.72. The molecule has 2 nitrogen and oxygen atoms in total. The van der Waals surface area contributed by atoms with Crippen molar-refractivity contribution in [1.82, 2.24) is 5.32 Å². The summed E-state index contributed by atoms with van der Waals surface area (Å²) < 4.78 is 5.16. The molecule has 1 aromatic carbocycles. The molecule has 0 saturated heterocycles. The summed E-state index contributed by atoms with van der Waals surface area (Å²) in [6.45, 7) is 0. The Kier molecular flexibility index (Phi) is 3.27. The summed E-state index contributed by atoms with van der Waals surface area (Å²) in [4.78, 5) is 0. The third-order valence-corrected chi connectivity index (χ3v) is 3.13. The maximum Gasteiger partial charge on any atom is 0.118 e. The van der Waals surface area contributed by atoms with Crippen molar-refractivity contribution in [3.63, 3.8) is 0 Å². The highest BCUT2D eigenvalue weighted by Gasteiger charge is 2.25. The summed E-state index contributed by atoms with van der Waals surface area (Å²) in [6.07, 6.45) is 4.09. The van der Waals surface area contributed by atoms with Crippen LogP contribution in [0.4, 0.5) is 0 Å². The van der Waals surface area contributed by atoms with Crippen LogP contribution in [0.3, 0.4) is 0 Å². The van der Waals surface area contributed by atoms with Crippen molar-refractivity contribution in [1.29, 1.82) is 0 Å². The Morgan fingerprint density at radius 1 is 1.33 bits per heavy atom. The van der Waals surface area contributed by atoms with Crippen molar-refractivity contribution in [2.45, 2.75) is 25.3 Å². The van der Waals surface area contributed by atoms with E-state index in [1.807, 2.05) is 19.2 Å². The minimum atomic E-state index is 0.503. The molecule has 1 aliphatic rings. The van der Waals surface area contributed by atoms with Crippen molar-refractivity contribution in [2.24, 2.45) is 5.92 Å². The lowest BCUT2D eigenvalue weighted by Crippen LogP contribution is -2.16. The summed E-state index contributed by atoms with van der Waals surface area (Å²) in [5, 5.41) is 3.39. The number of hydrogen-bond donors (Lipinski definition) is 1. The van der Waals surface area contributed by atoms with Gasteiger partial charge in [0.2, 0.25) is 0 Å². The van der Waals surface area contributed by atoms with Crippen LogP contribution in [0.2, 0.25) is 0 Å². The minimum Gasteiger partial charge on any atom is -0.497 e. The van der Waals surface area contributed by atoms with Gasteiger partial charge in [-0.15, -0.1) is 0 Å². The van der Waals surface area contributed by atoms with E-state index in [4.69, 9.17) is 4.74 Å². The van der Waals surface area contributed by atoms with Gasteiger partial charge in [-0.05, 0) is 37.1 Å². The quantitative estimate of drug-likeness (QED) is 0.798. The Hall–Kier alpha value is -1.02. The highest BCUT2D eigenvalue weighted by Crippen LogP contribution is 2.37. The predicted octanol–water partition coefficient (Wildman–Crippen LogP) is 2.76. The molecule has 0 heterocycles. The first-order valence-electron chi connectivity index (χ1n) is 5.64. The maximum absolute atomic E-state index is 5.16. The summed E-state index contributed by atoms with van der Waals surface area (Å²) in [5.41, 5.74) is 1.37. The van der Waals surface area contributed by atoms with E-state index in [2.05, 4.69) is 17.4 Å². The van der Waals surface area contributed by atoms with Gasteiger partial charge in [0.15, 0.2) is 0 Å². The molecule has 1 aliphatic carbocycles. The summed E-state index contributed by atoms with van der Waals surface area (Å²) in [7, 11) is 3.74. The van der Waals surface area contributed by atoms with Crippen molar-refractivity contribution in [2.75, 3.05) is 14.2 Å². The molecule has 15 heavy (non-hydrogen) atoms. The fourth-order valence-corrected chi connectivity index (χ4v) is 1.94. The van der Waals surface area contributed by atoms with Crippen LogP contribution < -0.4 is 10.1 Å². The van der Waals surface area contributed by atoms with Crippen LogP contribution in [0.25, 0.3) is 0 Å². The van der Waals surface area contributed by atoms with E-state index in [0.29, 0.717) is 6.04 Å². The Bertz CT molecular complexity index is 303. The average molecular weight is 205 g/mol. The minimum absolute atomic E-state index is 0.503. The molecule has 0 radical (unpaired) electrons. The van der Waals surface area contributed by atoms with Crippen LogP contribution >= 0.6 is 0 Å². The zero-order valence-corrected chi connectivity index (χ0v) is 9.49. The van der Waals surface area contributed by atoms with Gasteiger partial charge in [-0.2, -0.15) is 0 Å². The fraction of sp³-hybridized carbons (Fsp3) is 0.538. The maximum atomic E-state index is 5.16. The molecule has 0 aliphatic heterocycles. The molecule has 1 atom stereocenters. The van der Waals surface area contributed by atoms with E-state index in [-0.39, 0.29) is 0 Å². The van der Waals surface area contributed by atoms with Crippen LogP contribution in [0.5, 0.6) is 5.75 Å². The number of ether oxygens (including phenoxy) is 1. The van der Waals surface area contributed by atoms with Crippen molar-refractivity contribution in [3.8, 4) is 5.75 Å². The number of rotatable bonds is 5. The molecule has 1 unspecified atom stereocenters. The highest BCUT2D eigenvalue weighted by atomic mass is 16.5. The number of benzene rings is 1. The normalized spacial score (nSPS) is 17.5. The molecule has 0 bridgehead atoms.